The Morgan fingerprint density at radius 3 is 2.78 bits per heavy atom. The van der Waals surface area contributed by atoms with Gasteiger partial charge in [0, 0.05) is 24.9 Å². The van der Waals surface area contributed by atoms with Crippen LogP contribution in [-0.4, -0.2) is 32.0 Å². The minimum absolute atomic E-state index is 0.0140. The number of aryl methyl sites for hydroxylation is 1. The molecule has 0 unspecified atom stereocenters. The van der Waals surface area contributed by atoms with Crippen LogP contribution in [0.3, 0.4) is 0 Å². The van der Waals surface area contributed by atoms with Gasteiger partial charge in [0.1, 0.15) is 11.6 Å². The lowest BCUT2D eigenvalue weighted by Gasteiger charge is -2.37. The number of phenolic OH excluding ortho intramolecular Hbond substituents is 1. The number of benzene rings is 1. The molecule has 1 fully saturated rings. The van der Waals surface area contributed by atoms with E-state index in [1.54, 1.807) is 24.1 Å². The molecule has 0 spiro atoms. The normalized spacial score (nSPS) is 21.5. The van der Waals surface area contributed by atoms with Gasteiger partial charge in [-0.1, -0.05) is 0 Å². The van der Waals surface area contributed by atoms with Crippen molar-refractivity contribution in [2.75, 3.05) is 0 Å². The maximum Gasteiger partial charge on any atom is 0.255 e. The number of aromatic hydroxyl groups is 1. The van der Waals surface area contributed by atoms with E-state index in [4.69, 9.17) is 0 Å². The number of amides is 1. The van der Waals surface area contributed by atoms with Crippen LogP contribution in [0.15, 0.2) is 30.6 Å². The van der Waals surface area contributed by atoms with Gasteiger partial charge < -0.3 is 15.5 Å². The second-order valence-electron chi connectivity index (χ2n) is 5.95. The number of rotatable bonds is 4. The van der Waals surface area contributed by atoms with E-state index < -0.39 is 17.5 Å². The quantitative estimate of drug-likeness (QED) is 0.797. The summed E-state index contributed by atoms with van der Waals surface area (Å²) in [5, 5.41) is 26.2. The van der Waals surface area contributed by atoms with Gasteiger partial charge in [0.25, 0.3) is 5.91 Å². The van der Waals surface area contributed by atoms with Crippen molar-refractivity contribution in [1.29, 1.82) is 0 Å². The summed E-state index contributed by atoms with van der Waals surface area (Å²) in [5.41, 5.74) is 0.847. The standard InChI is InChI=1S/C16H18FN3O3/c1-20-8-10(7-18-20)15(9-4-12(21)5-9)19-16(23)13-3-2-11(17)6-14(13)22/h2-3,6-9,12,15,21-22H,4-5H2,1H3,(H,19,23)/t9?,12?,15-/m1/s1. The predicted octanol–water partition coefficient (Wildman–Crippen LogP) is 1.51. The lowest BCUT2D eigenvalue weighted by molar-refractivity contribution is 0.0235. The molecule has 3 N–H and O–H groups in total. The molecule has 23 heavy (non-hydrogen) atoms. The lowest BCUT2D eigenvalue weighted by atomic mass is 9.75. The van der Waals surface area contributed by atoms with E-state index in [9.17, 15) is 19.4 Å². The molecule has 1 aromatic heterocycles. The zero-order valence-corrected chi connectivity index (χ0v) is 12.6. The van der Waals surface area contributed by atoms with Crippen molar-refractivity contribution < 1.29 is 19.4 Å². The van der Waals surface area contributed by atoms with Gasteiger partial charge in [-0.15, -0.1) is 0 Å². The maximum atomic E-state index is 13.0. The topological polar surface area (TPSA) is 87.4 Å². The molecule has 1 aliphatic carbocycles. The summed E-state index contributed by atoms with van der Waals surface area (Å²) in [6.07, 6.45) is 4.31. The molecule has 0 bridgehead atoms. The van der Waals surface area contributed by atoms with Gasteiger partial charge in [-0.25, -0.2) is 4.39 Å². The number of aliphatic hydroxyl groups excluding tert-OH is 1. The molecule has 2 aromatic rings. The van der Waals surface area contributed by atoms with Gasteiger partial charge in [-0.3, -0.25) is 9.48 Å². The molecule has 0 aliphatic heterocycles. The van der Waals surface area contributed by atoms with Crippen LogP contribution in [0.25, 0.3) is 0 Å². The number of nitrogens with zero attached hydrogens (tertiary/aromatic N) is 2. The summed E-state index contributed by atoms with van der Waals surface area (Å²) < 4.78 is 14.7. The van der Waals surface area contributed by atoms with Crippen molar-refractivity contribution >= 4 is 5.91 Å². The first-order valence-corrected chi connectivity index (χ1v) is 7.40. The Kier molecular flexibility index (Phi) is 4.04. The fourth-order valence-corrected chi connectivity index (χ4v) is 2.89. The number of hydrogen-bond acceptors (Lipinski definition) is 4. The van der Waals surface area contributed by atoms with E-state index in [0.717, 1.165) is 17.7 Å². The fraction of sp³-hybridized carbons (Fsp3) is 0.375. The Morgan fingerprint density at radius 1 is 1.48 bits per heavy atom. The Balaban J connectivity index is 1.81. The van der Waals surface area contributed by atoms with Gasteiger partial charge in [0.15, 0.2) is 0 Å². The fourth-order valence-electron chi connectivity index (χ4n) is 2.89. The number of nitrogens with one attached hydrogen (secondary N) is 1. The SMILES string of the molecule is Cn1cc([C@H](NC(=O)c2ccc(F)cc2O)C2CC(O)C2)cn1. The number of hydrogen-bond donors (Lipinski definition) is 3. The van der Waals surface area contributed by atoms with Gasteiger partial charge in [0.2, 0.25) is 0 Å². The summed E-state index contributed by atoms with van der Waals surface area (Å²) in [6.45, 7) is 0. The molecule has 0 radical (unpaired) electrons. The minimum atomic E-state index is -0.607. The van der Waals surface area contributed by atoms with Crippen LogP contribution in [0.1, 0.15) is 34.8 Å². The summed E-state index contributed by atoms with van der Waals surface area (Å²) in [4.78, 5) is 12.4. The van der Waals surface area contributed by atoms with Crippen LogP contribution in [0.2, 0.25) is 0 Å². The van der Waals surface area contributed by atoms with Crippen molar-refractivity contribution in [1.82, 2.24) is 15.1 Å². The summed E-state index contributed by atoms with van der Waals surface area (Å²) in [6, 6.07) is 2.96. The van der Waals surface area contributed by atoms with Crippen molar-refractivity contribution in [3.63, 3.8) is 0 Å². The number of carbonyl (C=O) groups is 1. The summed E-state index contributed by atoms with van der Waals surface area (Å²) in [7, 11) is 1.78. The third-order valence-electron chi connectivity index (χ3n) is 4.20. The smallest absolute Gasteiger partial charge is 0.255 e. The monoisotopic (exact) mass is 319 g/mol. The van der Waals surface area contributed by atoms with Gasteiger partial charge in [-0.2, -0.15) is 5.10 Å². The van der Waals surface area contributed by atoms with Gasteiger partial charge >= 0.3 is 0 Å². The molecule has 1 aromatic carbocycles. The Labute approximate surface area is 132 Å². The Bertz CT molecular complexity index is 725. The van der Waals surface area contributed by atoms with Crippen LogP contribution in [0.4, 0.5) is 4.39 Å². The molecular weight excluding hydrogens is 301 g/mol. The molecule has 1 amide bonds. The molecule has 1 heterocycles. The van der Waals surface area contributed by atoms with Crippen molar-refractivity contribution in [3.8, 4) is 5.75 Å². The van der Waals surface area contributed by atoms with E-state index in [2.05, 4.69) is 10.4 Å². The van der Waals surface area contributed by atoms with Gasteiger partial charge in [-0.05, 0) is 30.9 Å². The van der Waals surface area contributed by atoms with Crippen molar-refractivity contribution in [3.05, 3.63) is 47.5 Å². The third-order valence-corrected chi connectivity index (χ3v) is 4.20. The average molecular weight is 319 g/mol. The number of phenols is 1. The average Bonchev–Trinajstić information content (AvgIpc) is 2.88. The maximum absolute atomic E-state index is 13.0. The molecule has 0 saturated heterocycles. The van der Waals surface area contributed by atoms with Crippen LogP contribution in [-0.2, 0) is 7.05 Å². The number of carbonyl (C=O) groups excluding carboxylic acids is 1. The highest BCUT2D eigenvalue weighted by Gasteiger charge is 2.36. The third kappa shape index (κ3) is 3.19. The van der Waals surface area contributed by atoms with Crippen LogP contribution >= 0.6 is 0 Å². The lowest BCUT2D eigenvalue weighted by Crippen LogP contribution is -2.41. The number of aliphatic hydroxyl groups is 1. The van der Waals surface area contributed by atoms with E-state index in [-0.39, 0.29) is 23.6 Å². The van der Waals surface area contributed by atoms with E-state index in [0.29, 0.717) is 12.8 Å². The molecular formula is C16H18FN3O3. The van der Waals surface area contributed by atoms with Crippen molar-refractivity contribution in [2.24, 2.45) is 13.0 Å². The Hall–Kier alpha value is -2.41. The first-order valence-electron chi connectivity index (χ1n) is 7.40. The van der Waals surface area contributed by atoms with Gasteiger partial charge in [0.05, 0.1) is 23.9 Å². The molecule has 1 atom stereocenters. The van der Waals surface area contributed by atoms with Crippen LogP contribution in [0, 0.1) is 11.7 Å². The molecule has 7 heteroatoms. The molecule has 122 valence electrons. The van der Waals surface area contributed by atoms with E-state index in [1.165, 1.54) is 6.07 Å². The van der Waals surface area contributed by atoms with E-state index in [1.807, 2.05) is 0 Å². The zero-order chi connectivity index (χ0) is 16.6. The van der Waals surface area contributed by atoms with Crippen molar-refractivity contribution in [2.45, 2.75) is 25.0 Å². The Morgan fingerprint density at radius 2 is 2.22 bits per heavy atom. The first kappa shape index (κ1) is 15.5. The molecule has 6 nitrogen and oxygen atoms in total. The summed E-state index contributed by atoms with van der Waals surface area (Å²) >= 11 is 0. The first-order chi connectivity index (χ1) is 10.9. The molecule has 3 rings (SSSR count). The summed E-state index contributed by atoms with van der Waals surface area (Å²) in [5.74, 6) is -1.40. The second-order valence-corrected chi connectivity index (χ2v) is 5.95. The van der Waals surface area contributed by atoms with Crippen LogP contribution < -0.4 is 5.32 Å². The molecule has 1 aliphatic rings. The number of aromatic nitrogens is 2. The van der Waals surface area contributed by atoms with E-state index >= 15 is 0 Å². The van der Waals surface area contributed by atoms with Crippen LogP contribution in [0.5, 0.6) is 5.75 Å². The second kappa shape index (κ2) is 6.00. The minimum Gasteiger partial charge on any atom is -0.507 e. The largest absolute Gasteiger partial charge is 0.507 e. The zero-order valence-electron chi connectivity index (χ0n) is 12.6. The highest BCUT2D eigenvalue weighted by Crippen LogP contribution is 2.38. The highest BCUT2D eigenvalue weighted by molar-refractivity contribution is 5.97. The number of halogens is 1. The highest BCUT2D eigenvalue weighted by atomic mass is 19.1. The molecule has 1 saturated carbocycles. The predicted molar refractivity (Wildman–Crippen MR) is 80.2 cm³/mol.